The van der Waals surface area contributed by atoms with Crippen molar-refractivity contribution in [1.82, 2.24) is 57.8 Å². The number of carbonyl (C=O) groups excluding carboxylic acids is 5. The van der Waals surface area contributed by atoms with Crippen molar-refractivity contribution in [3.05, 3.63) is 217 Å². The zero-order chi connectivity index (χ0) is 97.7. The summed E-state index contributed by atoms with van der Waals surface area (Å²) in [5.41, 5.74) is 21.3. The second kappa shape index (κ2) is 53.5. The maximum Gasteiger partial charge on any atom is 0.303 e. The number of nitrogens with one attached hydrogen (secondary N) is 3. The molecule has 14 heterocycles. The molecule has 2 unspecified atom stereocenters. The molecule has 0 spiro atoms. The van der Waals surface area contributed by atoms with Crippen molar-refractivity contribution in [2.24, 2.45) is 20.9 Å². The van der Waals surface area contributed by atoms with E-state index in [0.717, 1.165) is 264 Å². The first-order chi connectivity index (χ1) is 69.6. The number of aliphatic hydroxyl groups is 1. The predicted molar refractivity (Wildman–Crippen MR) is 571 cm³/mol. The number of carboxylic acid groups (broad SMARTS) is 1. The third-order valence-corrected chi connectivity index (χ3v) is 27.1. The molecular weight excluding hydrogens is 1830 g/mol. The molecule has 0 aliphatic carbocycles. The number of imidazole rings is 3. The number of aliphatic carboxylic acids is 1. The van der Waals surface area contributed by atoms with E-state index in [9.17, 15) is 28.8 Å². The van der Waals surface area contributed by atoms with Crippen LogP contribution in [0.25, 0.3) is 50.7 Å². The Kier molecular flexibility index (Phi) is 39.4. The number of hydrogen-bond donors (Lipinski definition) is 6. The molecule has 12 aromatic rings. The third-order valence-electron chi connectivity index (χ3n) is 27.1. The van der Waals surface area contributed by atoms with Crippen molar-refractivity contribution in [2.75, 3.05) is 136 Å². The zero-order valence-corrected chi connectivity index (χ0v) is 80.7. The number of Topliss-reactive ketones (excluding diaryl/α,β-unsaturated/α-hetero) is 2. The lowest BCUT2D eigenvalue weighted by molar-refractivity contribution is -0.169. The first kappa shape index (κ1) is 107. The zero-order valence-electron chi connectivity index (χ0n) is 80.7. The topological polar surface area (TPSA) is 389 Å². The number of benzene rings is 6. The summed E-state index contributed by atoms with van der Waals surface area (Å²) in [6.07, 6.45) is 42.0. The Hall–Kier alpha value is -14.0. The minimum Gasteiger partial charge on any atom is -0.481 e. The van der Waals surface area contributed by atoms with Crippen molar-refractivity contribution < 1.29 is 58.0 Å². The highest BCUT2D eigenvalue weighted by Gasteiger charge is 2.28. The largest absolute Gasteiger partial charge is 0.481 e. The lowest BCUT2D eigenvalue weighted by Gasteiger charge is -2.36. The van der Waals surface area contributed by atoms with Crippen LogP contribution in [0.3, 0.4) is 0 Å². The number of nitrogens with two attached hydrogens (primary N) is 1. The van der Waals surface area contributed by atoms with E-state index in [4.69, 9.17) is 45.3 Å². The minimum atomic E-state index is -0.755. The van der Waals surface area contributed by atoms with E-state index in [1.54, 1.807) is 18.6 Å². The van der Waals surface area contributed by atoms with Crippen LogP contribution in [0.4, 0.5) is 51.6 Å². The molecule has 7 N–H and O–H groups in total. The van der Waals surface area contributed by atoms with Gasteiger partial charge in [-0.15, -0.1) is 0 Å². The van der Waals surface area contributed by atoms with Crippen LogP contribution in [0.1, 0.15) is 210 Å². The average Bonchev–Trinajstić information content (AvgIpc) is 1.69. The van der Waals surface area contributed by atoms with E-state index >= 15 is 0 Å². The van der Waals surface area contributed by atoms with Gasteiger partial charge >= 0.3 is 5.97 Å². The smallest absolute Gasteiger partial charge is 0.303 e. The first-order valence-corrected chi connectivity index (χ1v) is 50.3. The van der Waals surface area contributed by atoms with Crippen LogP contribution >= 0.6 is 0 Å². The van der Waals surface area contributed by atoms with E-state index < -0.39 is 5.97 Å². The number of amides is 3. The summed E-state index contributed by atoms with van der Waals surface area (Å²) in [5, 5.41) is 27.9. The Balaban J connectivity index is 0.000000164. The number of nitrogens with zero attached hydrogens (tertiary/aromatic N) is 18. The number of piperazine rings is 3. The number of carboxylic acids is 1. The van der Waals surface area contributed by atoms with Gasteiger partial charge < -0.3 is 83.0 Å². The molecule has 3 amide bonds. The van der Waals surface area contributed by atoms with Crippen molar-refractivity contribution in [3.63, 3.8) is 0 Å². The van der Waals surface area contributed by atoms with Gasteiger partial charge in [-0.05, 0) is 195 Å². The van der Waals surface area contributed by atoms with Crippen LogP contribution in [0.2, 0.25) is 0 Å². The number of aromatic nitrogens is 9. The van der Waals surface area contributed by atoms with Crippen molar-refractivity contribution >= 4 is 122 Å². The van der Waals surface area contributed by atoms with E-state index in [-0.39, 0.29) is 83.8 Å². The third kappa shape index (κ3) is 29.4. The molecule has 145 heavy (non-hydrogen) atoms. The number of ether oxygens (including phenoxy) is 3. The van der Waals surface area contributed by atoms with Crippen LogP contribution in [-0.2, 0) is 67.4 Å². The lowest BCUT2D eigenvalue weighted by atomic mass is 10.0. The molecule has 0 bridgehead atoms. The van der Waals surface area contributed by atoms with Crippen LogP contribution in [0, 0.1) is 0 Å². The number of hydrogen-bond acceptors (Lipinski definition) is 27. The predicted octanol–water partition coefficient (Wildman–Crippen LogP) is 18.3. The lowest BCUT2D eigenvalue weighted by Crippen LogP contribution is -2.48. The van der Waals surface area contributed by atoms with Crippen LogP contribution in [-0.4, -0.2) is 239 Å². The summed E-state index contributed by atoms with van der Waals surface area (Å²) in [5.74, 6) is 6.85. The molecule has 8 aliphatic rings. The minimum absolute atomic E-state index is 0. The second-order valence-corrected chi connectivity index (χ2v) is 37.1. The van der Waals surface area contributed by atoms with Gasteiger partial charge in [-0.25, -0.2) is 35.8 Å². The van der Waals surface area contributed by atoms with E-state index in [1.807, 2.05) is 83.7 Å². The van der Waals surface area contributed by atoms with E-state index in [0.29, 0.717) is 102 Å². The van der Waals surface area contributed by atoms with Gasteiger partial charge in [0.05, 0.1) is 36.7 Å². The summed E-state index contributed by atoms with van der Waals surface area (Å²) in [7, 11) is 0. The summed E-state index contributed by atoms with van der Waals surface area (Å²) >= 11 is 0. The van der Waals surface area contributed by atoms with Crippen molar-refractivity contribution in [1.29, 1.82) is 0 Å². The average molecular weight is 1970 g/mol. The van der Waals surface area contributed by atoms with Crippen LogP contribution < -0.4 is 36.5 Å². The number of aliphatic imine (C=N–C) groups is 3. The highest BCUT2D eigenvalue weighted by atomic mass is 16.7. The quantitative estimate of drug-likeness (QED) is 0.0155. The van der Waals surface area contributed by atoms with Crippen molar-refractivity contribution in [3.8, 4) is 33.8 Å². The number of ketones is 2. The van der Waals surface area contributed by atoms with E-state index in [2.05, 4.69) is 193 Å². The van der Waals surface area contributed by atoms with E-state index in [1.165, 1.54) is 28.7 Å². The molecule has 5 fully saturated rings. The maximum atomic E-state index is 12.9. The summed E-state index contributed by atoms with van der Waals surface area (Å²) < 4.78 is 22.2. The number of unbranched alkanes of at least 4 members (excludes halogenated alkanes) is 9. The molecule has 0 radical (unpaired) electrons. The number of aliphatic hydroxyl groups excluding tert-OH is 1. The molecule has 0 saturated carbocycles. The second-order valence-electron chi connectivity index (χ2n) is 37.1. The summed E-state index contributed by atoms with van der Waals surface area (Å²) in [4.78, 5) is 131. The molecule has 766 valence electrons. The maximum absolute atomic E-state index is 12.9. The number of anilines is 9. The highest BCUT2D eigenvalue weighted by Crippen LogP contribution is 2.35. The molecule has 8 aliphatic heterocycles. The van der Waals surface area contributed by atoms with Gasteiger partial charge in [0.15, 0.2) is 58.5 Å². The Morgan fingerprint density at radius 3 is 1.02 bits per heavy atom. The van der Waals surface area contributed by atoms with Gasteiger partial charge in [0.25, 0.3) is 0 Å². The summed E-state index contributed by atoms with van der Waals surface area (Å²) in [6.45, 7) is 12.5. The monoisotopic (exact) mass is 1970 g/mol. The Morgan fingerprint density at radius 1 is 0.386 bits per heavy atom. The SMILES string of the molecule is C.C.C.NOC1CCCCO1.O=C(CCCCCCC(=O)N1CCN(c2ccc(Nc3nc(-c4ccc5c(c4)CN=C5)cn4ccnc34)cc2)CC1)COC1CCCCO1.O=C(CO)CCCCCCC(=O)N1CCN(c2ccc(Nc3nc(-c4ccc5c(c4)CN=C5)cn4ccnc34)cc2)CC1.O=C(O)CCCCCCC(=O)N1CCN(c2ccc(Nc3nc(-c4ccc5c(c4)CN=C5)cn4ccnc34)cc2)CC1. The molecule has 2 atom stereocenters. The van der Waals surface area contributed by atoms with Gasteiger partial charge in [-0.1, -0.05) is 97.2 Å². The van der Waals surface area contributed by atoms with Crippen molar-refractivity contribution in [2.45, 2.75) is 209 Å². The molecule has 6 aromatic carbocycles. The Morgan fingerprint density at radius 2 is 0.710 bits per heavy atom. The molecule has 34 heteroatoms. The number of fused-ring (bicyclic) bond motifs is 6. The van der Waals surface area contributed by atoms with Gasteiger partial charge in [0.1, 0.15) is 13.2 Å². The first-order valence-electron chi connectivity index (χ1n) is 50.3. The van der Waals surface area contributed by atoms with Gasteiger partial charge in [-0.2, -0.15) is 0 Å². The molecule has 20 rings (SSSR count). The molecule has 6 aromatic heterocycles. The Labute approximate surface area is 849 Å². The fourth-order valence-electron chi connectivity index (χ4n) is 18.9. The molecule has 34 nitrogen and oxygen atoms in total. The Bertz CT molecular complexity index is 6370. The van der Waals surface area contributed by atoms with Gasteiger partial charge in [-0.3, -0.25) is 48.6 Å². The summed E-state index contributed by atoms with van der Waals surface area (Å²) in [6, 6.07) is 44.0. The molecule has 5 saturated heterocycles. The van der Waals surface area contributed by atoms with Crippen LogP contribution in [0.15, 0.2) is 198 Å². The van der Waals surface area contributed by atoms with Gasteiger partial charge in [0, 0.05) is 262 Å². The normalized spacial score (nSPS) is 16.0. The number of rotatable bonds is 38. The number of carbonyl (C=O) groups is 6. The van der Waals surface area contributed by atoms with Crippen LogP contribution in [0.5, 0.6) is 0 Å². The highest BCUT2D eigenvalue weighted by molar-refractivity contribution is 5.89. The standard InChI is InChI=1S/C38H45N7O4.C33H37N7O3.C32H35N7O3.C5H11NO2.3CH4/c46-33(27-49-36-9-5-6-22-48-36)7-3-1-2-4-8-35(47)44-20-18-43(19-21-44)32-14-12-31(13-15-32)41-37-38-40-16-17-45(38)26-34(42-37)28-10-11-29-24-39-25-30(29)23-28;41-23-29(42)5-3-1-2-4-6-31(43)39-17-15-38(16-18-39)28-11-9-27(10-12-28)36-32-33-35-13-14-40(33)22-30(37-32)24-7-8-25-20-34-21-26(25)19-24;40-29(5-3-1-2-4-6-30(41)42)38-17-15-37(16-18-38)27-11-9-26(10-12-27)35-31-32-34-13-14-39(32)22-28(36-31)23-7-8-24-20-33-21-25(24)19-23;6-8-5-3-1-2-4-7-5;;;/h10-17,23-24,26,36H,1-9,18-22,25,27H2,(H,41,42);7-14,19-20,22,41H,1-6,15-18,21,23H2,(H,36,37);7-14,19-20,22H,1-6,15-18,21H2,(H,35,36)(H,41,42);5H,1-4,6H2;3*1H4. The fourth-order valence-corrected chi connectivity index (χ4v) is 18.9. The molecular formula is C111H140N22O12. The van der Waals surface area contributed by atoms with Gasteiger partial charge in [0.2, 0.25) is 17.7 Å². The fraction of sp³-hybridized carbons (Fsp3) is 0.432.